The molecular weight excluding hydrogens is 332 g/mol. The molecule has 0 spiro atoms. The van der Waals surface area contributed by atoms with E-state index in [1.807, 2.05) is 24.3 Å². The van der Waals surface area contributed by atoms with Gasteiger partial charge in [0.1, 0.15) is 11.5 Å². The number of rotatable bonds is 8. The number of benzene rings is 3. The Morgan fingerprint density at radius 2 is 1.28 bits per heavy atom. The van der Waals surface area contributed by atoms with Gasteiger partial charge in [-0.1, -0.05) is 74.7 Å². The zero-order valence-corrected chi connectivity index (χ0v) is 15.7. The molecule has 132 valence electrons. The highest BCUT2D eigenvalue weighted by molar-refractivity contribution is 6.37. The first-order valence-electron chi connectivity index (χ1n) is 9.16. The number of fused-ring (bicyclic) bond motifs is 2. The molecule has 0 aliphatic heterocycles. The highest BCUT2D eigenvalue weighted by Crippen LogP contribution is 2.45. The molecule has 0 bridgehead atoms. The molecule has 0 unspecified atom stereocenters. The van der Waals surface area contributed by atoms with Gasteiger partial charge in [-0.15, -0.1) is 0 Å². The summed E-state index contributed by atoms with van der Waals surface area (Å²) < 4.78 is 12.4. The Morgan fingerprint density at radius 1 is 0.720 bits per heavy atom. The molecule has 0 aliphatic carbocycles. The third kappa shape index (κ3) is 3.69. The minimum Gasteiger partial charge on any atom is -0.492 e. The molecular formula is C22H25ClO2. The second-order valence-corrected chi connectivity index (χ2v) is 6.68. The Labute approximate surface area is 154 Å². The Morgan fingerprint density at radius 3 is 1.92 bits per heavy atom. The molecule has 3 heteroatoms. The summed E-state index contributed by atoms with van der Waals surface area (Å²) in [5, 5.41) is 4.82. The molecule has 0 amide bonds. The molecule has 3 aromatic rings. The fourth-order valence-electron chi connectivity index (χ4n) is 3.05. The van der Waals surface area contributed by atoms with Crippen molar-refractivity contribution < 1.29 is 9.47 Å². The van der Waals surface area contributed by atoms with Gasteiger partial charge < -0.3 is 9.47 Å². The molecule has 0 heterocycles. The summed E-state index contributed by atoms with van der Waals surface area (Å²) in [6.45, 7) is 5.73. The second kappa shape index (κ2) is 8.44. The zero-order chi connectivity index (χ0) is 17.6. The van der Waals surface area contributed by atoms with E-state index in [0.29, 0.717) is 18.2 Å². The average Bonchev–Trinajstić information content (AvgIpc) is 2.63. The van der Waals surface area contributed by atoms with Gasteiger partial charge in [-0.3, -0.25) is 0 Å². The molecule has 0 radical (unpaired) electrons. The average molecular weight is 357 g/mol. The molecule has 3 rings (SSSR count). The topological polar surface area (TPSA) is 18.5 Å². The van der Waals surface area contributed by atoms with Crippen LogP contribution in [0.5, 0.6) is 11.5 Å². The van der Waals surface area contributed by atoms with E-state index in [9.17, 15) is 0 Å². The van der Waals surface area contributed by atoms with Crippen molar-refractivity contribution in [3.8, 4) is 11.5 Å². The van der Waals surface area contributed by atoms with Gasteiger partial charge in [0.05, 0.1) is 18.2 Å². The maximum absolute atomic E-state index is 6.57. The van der Waals surface area contributed by atoms with Gasteiger partial charge in [-0.2, -0.15) is 0 Å². The summed E-state index contributed by atoms with van der Waals surface area (Å²) in [7, 11) is 0. The lowest BCUT2D eigenvalue weighted by atomic mass is 10.0. The van der Waals surface area contributed by atoms with E-state index in [4.69, 9.17) is 21.1 Å². The molecule has 0 atom stereocenters. The van der Waals surface area contributed by atoms with Gasteiger partial charge >= 0.3 is 0 Å². The summed E-state index contributed by atoms with van der Waals surface area (Å²) in [4.78, 5) is 0. The highest BCUT2D eigenvalue weighted by Gasteiger charge is 2.17. The van der Waals surface area contributed by atoms with E-state index < -0.39 is 0 Å². The van der Waals surface area contributed by atoms with Crippen LogP contribution in [-0.2, 0) is 0 Å². The third-order valence-corrected chi connectivity index (χ3v) is 4.71. The van der Waals surface area contributed by atoms with Crippen LogP contribution in [0.2, 0.25) is 5.02 Å². The highest BCUT2D eigenvalue weighted by atomic mass is 35.5. The molecule has 0 aliphatic rings. The smallest absolute Gasteiger partial charge is 0.136 e. The van der Waals surface area contributed by atoms with Crippen LogP contribution in [-0.4, -0.2) is 13.2 Å². The lowest BCUT2D eigenvalue weighted by Crippen LogP contribution is -2.02. The third-order valence-electron chi connectivity index (χ3n) is 4.39. The molecule has 25 heavy (non-hydrogen) atoms. The first kappa shape index (κ1) is 17.9. The summed E-state index contributed by atoms with van der Waals surface area (Å²) in [6.07, 6.45) is 4.26. The number of ether oxygens (including phenoxy) is 2. The van der Waals surface area contributed by atoms with Crippen LogP contribution >= 0.6 is 11.6 Å². The van der Waals surface area contributed by atoms with Crippen LogP contribution in [0.1, 0.15) is 39.5 Å². The number of hydrogen-bond donors (Lipinski definition) is 0. The van der Waals surface area contributed by atoms with Crippen LogP contribution in [0.3, 0.4) is 0 Å². The van der Waals surface area contributed by atoms with Crippen LogP contribution in [0.4, 0.5) is 0 Å². The summed E-state index contributed by atoms with van der Waals surface area (Å²) in [6, 6.07) is 14.2. The number of unbranched alkanes of at least 4 members (excludes halogenated alkanes) is 2. The Balaban J connectivity index is 2.23. The van der Waals surface area contributed by atoms with Crippen LogP contribution in [0.25, 0.3) is 21.5 Å². The minimum absolute atomic E-state index is 0.691. The Kier molecular flexibility index (Phi) is 6.04. The van der Waals surface area contributed by atoms with E-state index in [-0.39, 0.29) is 0 Å². The van der Waals surface area contributed by atoms with E-state index in [0.717, 1.165) is 58.7 Å². The van der Waals surface area contributed by atoms with E-state index >= 15 is 0 Å². The van der Waals surface area contributed by atoms with Gasteiger partial charge in [0.15, 0.2) is 0 Å². The number of hydrogen-bond acceptors (Lipinski definition) is 2. The quantitative estimate of drug-likeness (QED) is 0.319. The van der Waals surface area contributed by atoms with Crippen molar-refractivity contribution in [3.05, 3.63) is 47.5 Å². The van der Waals surface area contributed by atoms with E-state index in [1.54, 1.807) is 0 Å². The van der Waals surface area contributed by atoms with Crippen molar-refractivity contribution in [2.45, 2.75) is 39.5 Å². The van der Waals surface area contributed by atoms with E-state index in [2.05, 4.69) is 32.0 Å². The monoisotopic (exact) mass is 356 g/mol. The first-order valence-corrected chi connectivity index (χ1v) is 9.54. The predicted octanol–water partition coefficient (Wildman–Crippen LogP) is 7.00. The lowest BCUT2D eigenvalue weighted by molar-refractivity contribution is 0.311. The van der Waals surface area contributed by atoms with Crippen molar-refractivity contribution in [3.63, 3.8) is 0 Å². The molecule has 3 aromatic carbocycles. The maximum atomic E-state index is 6.57. The standard InChI is InChI=1S/C22H25ClO2/c1-3-5-14-24-21-16-10-7-8-11-17(16)22(25-15-6-4-2)20-18(21)12-9-13-19(20)23/h7-13H,3-6,14-15H2,1-2H3. The SMILES string of the molecule is CCCCOc1c2ccccc2c(OCCCC)c2c(Cl)cccc12. The van der Waals surface area contributed by atoms with Crippen LogP contribution in [0.15, 0.2) is 42.5 Å². The largest absolute Gasteiger partial charge is 0.492 e. The molecule has 0 fully saturated rings. The van der Waals surface area contributed by atoms with Crippen LogP contribution < -0.4 is 9.47 Å². The lowest BCUT2D eigenvalue weighted by Gasteiger charge is -2.18. The Bertz CT molecular complexity index is 857. The Hall–Kier alpha value is -1.93. The normalized spacial score (nSPS) is 11.2. The van der Waals surface area contributed by atoms with Crippen molar-refractivity contribution in [1.82, 2.24) is 0 Å². The minimum atomic E-state index is 0.691. The van der Waals surface area contributed by atoms with Gasteiger partial charge in [-0.05, 0) is 18.9 Å². The molecule has 0 saturated heterocycles. The second-order valence-electron chi connectivity index (χ2n) is 6.27. The van der Waals surface area contributed by atoms with Crippen molar-refractivity contribution in [2.24, 2.45) is 0 Å². The van der Waals surface area contributed by atoms with Crippen molar-refractivity contribution in [1.29, 1.82) is 0 Å². The predicted molar refractivity (Wildman–Crippen MR) is 107 cm³/mol. The van der Waals surface area contributed by atoms with E-state index in [1.165, 1.54) is 0 Å². The number of halogens is 1. The molecule has 0 saturated carbocycles. The molecule has 0 aromatic heterocycles. The summed E-state index contributed by atoms with van der Waals surface area (Å²) in [5.41, 5.74) is 0. The summed E-state index contributed by atoms with van der Waals surface area (Å²) in [5.74, 6) is 1.77. The zero-order valence-electron chi connectivity index (χ0n) is 15.0. The van der Waals surface area contributed by atoms with Gasteiger partial charge in [0.2, 0.25) is 0 Å². The maximum Gasteiger partial charge on any atom is 0.136 e. The van der Waals surface area contributed by atoms with Gasteiger partial charge in [0, 0.05) is 21.5 Å². The van der Waals surface area contributed by atoms with Crippen molar-refractivity contribution >= 4 is 33.1 Å². The van der Waals surface area contributed by atoms with Gasteiger partial charge in [0.25, 0.3) is 0 Å². The fraction of sp³-hybridized carbons (Fsp3) is 0.364. The summed E-state index contributed by atoms with van der Waals surface area (Å²) >= 11 is 6.57. The fourth-order valence-corrected chi connectivity index (χ4v) is 3.31. The van der Waals surface area contributed by atoms with Crippen molar-refractivity contribution in [2.75, 3.05) is 13.2 Å². The first-order chi connectivity index (χ1) is 12.3. The van der Waals surface area contributed by atoms with Crippen LogP contribution in [0, 0.1) is 0 Å². The molecule has 0 N–H and O–H groups in total. The van der Waals surface area contributed by atoms with Gasteiger partial charge in [-0.25, -0.2) is 0 Å². The molecule has 2 nitrogen and oxygen atoms in total.